The van der Waals surface area contributed by atoms with Crippen molar-refractivity contribution in [3.05, 3.63) is 69.8 Å². The normalized spacial score (nSPS) is 15.9. The van der Waals surface area contributed by atoms with Crippen molar-refractivity contribution < 1.29 is 4.74 Å². The fourth-order valence-electron chi connectivity index (χ4n) is 4.49. The lowest BCUT2D eigenvalue weighted by atomic mass is 10.0. The van der Waals surface area contributed by atoms with Crippen molar-refractivity contribution in [2.24, 2.45) is 0 Å². The van der Waals surface area contributed by atoms with Crippen molar-refractivity contribution in [3.63, 3.8) is 0 Å². The second kappa shape index (κ2) is 8.09. The van der Waals surface area contributed by atoms with Crippen LogP contribution in [0.15, 0.2) is 47.4 Å². The summed E-state index contributed by atoms with van der Waals surface area (Å²) >= 11 is 0. The molecule has 0 radical (unpaired) electrons. The maximum Gasteiger partial charge on any atom is 0.278 e. The van der Waals surface area contributed by atoms with E-state index >= 15 is 0 Å². The zero-order valence-electron chi connectivity index (χ0n) is 18.4. The molecular weight excluding hydrogens is 418 g/mol. The molecule has 6 rings (SSSR count). The minimum Gasteiger partial charge on any atom is -0.380 e. The Bertz CT molecular complexity index is 1400. The first-order valence-electron chi connectivity index (χ1n) is 11.3. The molecule has 4 aromatic rings. The number of aromatic nitrogens is 5. The van der Waals surface area contributed by atoms with E-state index in [0.29, 0.717) is 48.5 Å². The Hall–Kier alpha value is -3.56. The highest BCUT2D eigenvalue weighted by atomic mass is 16.5. The lowest BCUT2D eigenvalue weighted by Crippen LogP contribution is -2.27. The number of hydrogen-bond donors (Lipinski definition) is 2. The van der Waals surface area contributed by atoms with Gasteiger partial charge < -0.3 is 15.4 Å². The molecular formula is C24H25N7O2. The number of anilines is 2. The number of ether oxygens (including phenoxy) is 1. The second-order valence-electron chi connectivity index (χ2n) is 8.45. The summed E-state index contributed by atoms with van der Waals surface area (Å²) in [5.41, 5.74) is 4.94. The van der Waals surface area contributed by atoms with Gasteiger partial charge in [0.1, 0.15) is 5.39 Å². The molecule has 9 heteroatoms. The number of fused-ring (bicyclic) bond motifs is 2. The zero-order chi connectivity index (χ0) is 22.4. The van der Waals surface area contributed by atoms with E-state index in [-0.39, 0.29) is 5.56 Å². The molecule has 2 aliphatic heterocycles. The molecule has 0 amide bonds. The van der Waals surface area contributed by atoms with Gasteiger partial charge >= 0.3 is 0 Å². The molecule has 0 unspecified atom stereocenters. The average Bonchev–Trinajstić information content (AvgIpc) is 3.09. The first-order valence-corrected chi connectivity index (χ1v) is 11.3. The van der Waals surface area contributed by atoms with Crippen molar-refractivity contribution in [2.45, 2.75) is 32.4 Å². The average molecular weight is 444 g/mol. The van der Waals surface area contributed by atoms with Crippen LogP contribution in [-0.4, -0.2) is 44.1 Å². The third-order valence-electron chi connectivity index (χ3n) is 6.35. The van der Waals surface area contributed by atoms with Crippen molar-refractivity contribution >= 4 is 22.7 Å². The summed E-state index contributed by atoms with van der Waals surface area (Å²) in [4.78, 5) is 27.1. The van der Waals surface area contributed by atoms with Gasteiger partial charge in [0, 0.05) is 30.9 Å². The number of nitrogens with one attached hydrogen (secondary N) is 2. The smallest absolute Gasteiger partial charge is 0.278 e. The van der Waals surface area contributed by atoms with Gasteiger partial charge in [0.15, 0.2) is 11.5 Å². The summed E-state index contributed by atoms with van der Waals surface area (Å²) in [5, 5.41) is 7.18. The van der Waals surface area contributed by atoms with Crippen LogP contribution in [0, 0.1) is 0 Å². The summed E-state index contributed by atoms with van der Waals surface area (Å²) in [6.07, 6.45) is 2.63. The van der Waals surface area contributed by atoms with Gasteiger partial charge in [-0.3, -0.25) is 4.79 Å². The first-order chi connectivity index (χ1) is 16.2. The molecule has 168 valence electrons. The van der Waals surface area contributed by atoms with Gasteiger partial charge in [-0.05, 0) is 55.3 Å². The van der Waals surface area contributed by atoms with Crippen LogP contribution < -0.4 is 16.2 Å². The number of hydrogen-bond acceptors (Lipinski definition) is 7. The predicted octanol–water partition coefficient (Wildman–Crippen LogP) is 2.50. The Morgan fingerprint density at radius 3 is 2.91 bits per heavy atom. The van der Waals surface area contributed by atoms with E-state index in [9.17, 15) is 4.79 Å². The van der Waals surface area contributed by atoms with Gasteiger partial charge in [0.05, 0.1) is 18.9 Å². The number of pyridine rings is 1. The molecule has 0 bridgehead atoms. The molecule has 0 spiro atoms. The van der Waals surface area contributed by atoms with Crippen LogP contribution in [-0.2, 0) is 24.2 Å². The SMILES string of the molecule is CCn1c(=O)c2cnc(Nc3ccc4c(c3)CNCC4)nc2n1-c1cccc(C2COC2)n1. The van der Waals surface area contributed by atoms with E-state index in [0.717, 1.165) is 30.9 Å². The minimum atomic E-state index is -0.127. The van der Waals surface area contributed by atoms with Gasteiger partial charge in [-0.1, -0.05) is 12.1 Å². The fourth-order valence-corrected chi connectivity index (χ4v) is 4.49. The molecule has 33 heavy (non-hydrogen) atoms. The second-order valence-corrected chi connectivity index (χ2v) is 8.45. The maximum absolute atomic E-state index is 13.1. The van der Waals surface area contributed by atoms with Crippen LogP contribution in [0.2, 0.25) is 0 Å². The Kier molecular flexibility index (Phi) is 4.92. The lowest BCUT2D eigenvalue weighted by Gasteiger charge is -2.25. The summed E-state index contributed by atoms with van der Waals surface area (Å²) in [5.74, 6) is 1.40. The van der Waals surface area contributed by atoms with Crippen LogP contribution in [0.1, 0.15) is 29.7 Å². The molecule has 1 saturated heterocycles. The Balaban J connectivity index is 1.42. The van der Waals surface area contributed by atoms with Gasteiger partial charge in [0.25, 0.3) is 5.56 Å². The van der Waals surface area contributed by atoms with Crippen LogP contribution in [0.4, 0.5) is 11.6 Å². The Morgan fingerprint density at radius 2 is 2.09 bits per heavy atom. The monoisotopic (exact) mass is 443 g/mol. The summed E-state index contributed by atoms with van der Waals surface area (Å²) in [6.45, 7) is 5.65. The summed E-state index contributed by atoms with van der Waals surface area (Å²) in [7, 11) is 0. The van der Waals surface area contributed by atoms with Crippen molar-refractivity contribution in [1.82, 2.24) is 29.6 Å². The molecule has 5 heterocycles. The highest BCUT2D eigenvalue weighted by Crippen LogP contribution is 2.25. The van der Waals surface area contributed by atoms with Crippen molar-refractivity contribution in [1.29, 1.82) is 0 Å². The van der Waals surface area contributed by atoms with Crippen LogP contribution >= 0.6 is 0 Å². The third kappa shape index (κ3) is 3.49. The van der Waals surface area contributed by atoms with E-state index in [1.807, 2.05) is 31.2 Å². The molecule has 1 aromatic carbocycles. The highest BCUT2D eigenvalue weighted by molar-refractivity contribution is 5.77. The standard InChI is InChI=1S/C24H25N7O2/c1-2-30-23(32)19-12-26-24(27-18-7-6-15-8-9-25-11-16(15)10-18)29-22(19)31(30)21-5-3-4-20(28-21)17-13-33-14-17/h3-7,10,12,17,25H,2,8-9,11,13-14H2,1H3,(H,26,27,29). The van der Waals surface area contributed by atoms with Crippen molar-refractivity contribution in [2.75, 3.05) is 25.1 Å². The topological polar surface area (TPSA) is 98.9 Å². The van der Waals surface area contributed by atoms with Crippen LogP contribution in [0.3, 0.4) is 0 Å². The molecule has 3 aromatic heterocycles. The minimum absolute atomic E-state index is 0.127. The number of benzene rings is 1. The number of nitrogens with zero attached hydrogens (tertiary/aromatic N) is 5. The Labute approximate surface area is 190 Å². The fraction of sp³-hybridized carbons (Fsp3) is 0.333. The largest absolute Gasteiger partial charge is 0.380 e. The molecule has 0 saturated carbocycles. The predicted molar refractivity (Wildman–Crippen MR) is 125 cm³/mol. The Morgan fingerprint density at radius 1 is 1.18 bits per heavy atom. The first kappa shape index (κ1) is 20.1. The van der Waals surface area contributed by atoms with E-state index in [1.165, 1.54) is 11.1 Å². The molecule has 9 nitrogen and oxygen atoms in total. The molecule has 2 N–H and O–H groups in total. The summed E-state index contributed by atoms with van der Waals surface area (Å²) < 4.78 is 8.77. The van der Waals surface area contributed by atoms with Gasteiger partial charge in [0.2, 0.25) is 5.95 Å². The lowest BCUT2D eigenvalue weighted by molar-refractivity contribution is 0.00670. The summed E-state index contributed by atoms with van der Waals surface area (Å²) in [6, 6.07) is 12.2. The van der Waals surface area contributed by atoms with Crippen LogP contribution in [0.5, 0.6) is 0 Å². The van der Waals surface area contributed by atoms with Crippen LogP contribution in [0.25, 0.3) is 16.9 Å². The maximum atomic E-state index is 13.1. The van der Waals surface area contributed by atoms with Crippen molar-refractivity contribution in [3.8, 4) is 5.82 Å². The van der Waals surface area contributed by atoms with E-state index in [1.54, 1.807) is 15.6 Å². The van der Waals surface area contributed by atoms with E-state index in [2.05, 4.69) is 27.8 Å². The zero-order valence-corrected chi connectivity index (χ0v) is 18.4. The van der Waals surface area contributed by atoms with Gasteiger partial charge in [-0.15, -0.1) is 0 Å². The van der Waals surface area contributed by atoms with Gasteiger partial charge in [-0.25, -0.2) is 19.3 Å². The molecule has 2 aliphatic rings. The highest BCUT2D eigenvalue weighted by Gasteiger charge is 2.23. The van der Waals surface area contributed by atoms with Gasteiger partial charge in [-0.2, -0.15) is 4.98 Å². The quantitative estimate of drug-likeness (QED) is 0.489. The molecule has 0 atom stereocenters. The molecule has 0 aliphatic carbocycles. The van der Waals surface area contributed by atoms with E-state index < -0.39 is 0 Å². The third-order valence-corrected chi connectivity index (χ3v) is 6.35. The molecule has 1 fully saturated rings. The number of rotatable bonds is 5. The van der Waals surface area contributed by atoms with E-state index in [4.69, 9.17) is 14.7 Å².